The predicted octanol–water partition coefficient (Wildman–Crippen LogP) is 2.80. The highest BCUT2D eigenvalue weighted by atomic mass is 19.1. The second kappa shape index (κ2) is 7.15. The molecule has 3 aromatic rings. The van der Waals surface area contributed by atoms with E-state index in [1.165, 1.54) is 27.9 Å². The number of hydrogen-bond donors (Lipinski definition) is 1. The molecule has 152 valence electrons. The predicted molar refractivity (Wildman–Crippen MR) is 107 cm³/mol. The third kappa shape index (κ3) is 3.03. The summed E-state index contributed by atoms with van der Waals surface area (Å²) in [5.41, 5.74) is 8.23. The Balaban J connectivity index is 2.00. The summed E-state index contributed by atoms with van der Waals surface area (Å²) in [4.78, 5) is 18.7. The summed E-state index contributed by atoms with van der Waals surface area (Å²) in [6.45, 7) is 1.78. The van der Waals surface area contributed by atoms with Crippen LogP contribution in [0.1, 0.15) is 40.3 Å². The first-order valence-electron chi connectivity index (χ1n) is 9.24. The number of anilines is 1. The van der Waals surface area contributed by atoms with Gasteiger partial charge in [0.2, 0.25) is 0 Å². The molecular formula is C21H19FN6O2. The van der Waals surface area contributed by atoms with E-state index >= 15 is 0 Å². The summed E-state index contributed by atoms with van der Waals surface area (Å²) >= 11 is 0. The van der Waals surface area contributed by atoms with Gasteiger partial charge in [-0.05, 0) is 19.1 Å². The molecule has 0 spiro atoms. The molecule has 30 heavy (non-hydrogen) atoms. The van der Waals surface area contributed by atoms with Crippen LogP contribution in [0.3, 0.4) is 0 Å². The minimum absolute atomic E-state index is 0.0752. The topological polar surface area (TPSA) is 110 Å². The fourth-order valence-electron chi connectivity index (χ4n) is 3.65. The van der Waals surface area contributed by atoms with Crippen LogP contribution in [0, 0.1) is 17.1 Å². The first-order valence-corrected chi connectivity index (χ1v) is 9.24. The van der Waals surface area contributed by atoms with E-state index in [0.717, 1.165) is 0 Å². The third-order valence-corrected chi connectivity index (χ3v) is 5.13. The molecule has 0 saturated carbocycles. The van der Waals surface area contributed by atoms with Crippen LogP contribution in [0.5, 0.6) is 5.75 Å². The van der Waals surface area contributed by atoms with Crippen LogP contribution in [-0.4, -0.2) is 32.6 Å². The van der Waals surface area contributed by atoms with E-state index < -0.39 is 17.8 Å². The van der Waals surface area contributed by atoms with Gasteiger partial charge in [0.05, 0.1) is 17.8 Å². The molecule has 1 amide bonds. The molecule has 0 saturated heterocycles. The lowest BCUT2D eigenvalue weighted by molar-refractivity contribution is 0.0773. The maximum atomic E-state index is 14.7. The number of nitrogens with two attached hydrogens (primary N) is 1. The average molecular weight is 406 g/mol. The lowest BCUT2D eigenvalue weighted by Gasteiger charge is -2.24. The number of amides is 1. The maximum Gasteiger partial charge on any atom is 0.257 e. The van der Waals surface area contributed by atoms with E-state index in [2.05, 4.69) is 16.2 Å². The molecule has 2 N–H and O–H groups in total. The number of benzene rings is 1. The lowest BCUT2D eigenvalue weighted by atomic mass is 10.00. The van der Waals surface area contributed by atoms with Crippen LogP contribution in [0.2, 0.25) is 0 Å². The Morgan fingerprint density at radius 1 is 1.33 bits per heavy atom. The summed E-state index contributed by atoms with van der Waals surface area (Å²) in [5.74, 6) is -0.733. The van der Waals surface area contributed by atoms with Gasteiger partial charge in [-0.25, -0.2) is 9.37 Å². The smallest absolute Gasteiger partial charge is 0.257 e. The number of halogens is 1. The normalized spacial score (nSPS) is 15.9. The number of carbonyl (C=O) groups is 1. The van der Waals surface area contributed by atoms with Crippen molar-refractivity contribution >= 4 is 11.7 Å². The molecule has 1 atom stereocenters. The monoisotopic (exact) mass is 406 g/mol. The number of hydrogen-bond acceptors (Lipinski definition) is 6. The van der Waals surface area contributed by atoms with Crippen molar-refractivity contribution in [1.29, 1.82) is 5.26 Å². The molecule has 3 heterocycles. The Hall–Kier alpha value is -3.93. The second-order valence-corrected chi connectivity index (χ2v) is 7.14. The molecule has 8 nitrogen and oxygen atoms in total. The van der Waals surface area contributed by atoms with E-state index in [9.17, 15) is 14.4 Å². The largest absolute Gasteiger partial charge is 0.482 e. The molecule has 2 aromatic heterocycles. The fourth-order valence-corrected chi connectivity index (χ4v) is 3.65. The molecule has 0 aliphatic carbocycles. The number of fused-ring (bicyclic) bond motifs is 5. The van der Waals surface area contributed by atoms with Gasteiger partial charge in [-0.1, -0.05) is 12.1 Å². The van der Waals surface area contributed by atoms with Gasteiger partial charge in [-0.15, -0.1) is 0 Å². The molecule has 0 fully saturated rings. The highest BCUT2D eigenvalue weighted by Crippen LogP contribution is 2.35. The molecule has 4 rings (SSSR count). The summed E-state index contributed by atoms with van der Waals surface area (Å²) in [7, 11) is 3.21. The first kappa shape index (κ1) is 19.4. The molecule has 1 aliphatic rings. The molecular weight excluding hydrogens is 387 g/mol. The van der Waals surface area contributed by atoms with Crippen LogP contribution in [-0.2, 0) is 13.6 Å². The Bertz CT molecular complexity index is 1210. The van der Waals surface area contributed by atoms with Crippen molar-refractivity contribution in [2.75, 3.05) is 12.8 Å². The maximum absolute atomic E-state index is 14.7. The number of nitrogen functional groups attached to an aromatic ring is 1. The highest BCUT2D eigenvalue weighted by Gasteiger charge is 2.28. The Morgan fingerprint density at radius 2 is 2.10 bits per heavy atom. The van der Waals surface area contributed by atoms with E-state index in [-0.39, 0.29) is 23.7 Å². The van der Waals surface area contributed by atoms with Crippen molar-refractivity contribution < 1.29 is 13.9 Å². The highest BCUT2D eigenvalue weighted by molar-refractivity contribution is 5.96. The Morgan fingerprint density at radius 3 is 2.83 bits per heavy atom. The molecule has 1 unspecified atom stereocenters. The zero-order valence-corrected chi connectivity index (χ0v) is 16.7. The van der Waals surface area contributed by atoms with E-state index in [4.69, 9.17) is 10.5 Å². The van der Waals surface area contributed by atoms with Gasteiger partial charge in [0.15, 0.2) is 11.6 Å². The molecule has 1 aromatic carbocycles. The van der Waals surface area contributed by atoms with Crippen molar-refractivity contribution in [3.63, 3.8) is 0 Å². The fraction of sp³-hybridized carbons (Fsp3) is 0.238. The summed E-state index contributed by atoms with van der Waals surface area (Å²) in [6, 6.07) is 8.23. The lowest BCUT2D eigenvalue weighted by Crippen LogP contribution is -2.29. The third-order valence-electron chi connectivity index (χ3n) is 5.13. The van der Waals surface area contributed by atoms with E-state index in [1.807, 2.05) is 0 Å². The number of ether oxygens (including phenoxy) is 1. The van der Waals surface area contributed by atoms with Crippen molar-refractivity contribution in [1.82, 2.24) is 19.7 Å². The standard InChI is InChI=1S/C21H19FN6O2/c1-11-13-5-4-6-14(22)19(13)21(29)27(2)10-15-18(16(8-23)28(3)26-15)12-7-17(30-11)20(24)25-9-12/h4-7,9,11H,10H2,1-3H3,(H2,24,25). The van der Waals surface area contributed by atoms with E-state index in [1.54, 1.807) is 33.2 Å². The van der Waals surface area contributed by atoms with Gasteiger partial charge in [-0.2, -0.15) is 10.4 Å². The number of aryl methyl sites for hydroxylation is 1. The summed E-state index contributed by atoms with van der Waals surface area (Å²) in [5, 5.41) is 14.1. The van der Waals surface area contributed by atoms with Crippen LogP contribution in [0.25, 0.3) is 11.1 Å². The minimum atomic E-state index is -0.671. The molecule has 0 radical (unpaired) electrons. The van der Waals surface area contributed by atoms with Gasteiger partial charge in [0, 0.05) is 37.0 Å². The molecule has 1 aliphatic heterocycles. The van der Waals surface area contributed by atoms with Crippen molar-refractivity contribution in [2.24, 2.45) is 7.05 Å². The summed E-state index contributed by atoms with van der Waals surface area (Å²) in [6.07, 6.45) is 0.866. The van der Waals surface area contributed by atoms with Gasteiger partial charge in [0.1, 0.15) is 23.7 Å². The van der Waals surface area contributed by atoms with E-state index in [0.29, 0.717) is 28.1 Å². The van der Waals surface area contributed by atoms with Crippen molar-refractivity contribution in [3.05, 3.63) is 58.8 Å². The minimum Gasteiger partial charge on any atom is -0.482 e. The molecule has 9 heteroatoms. The summed E-state index contributed by atoms with van der Waals surface area (Å²) < 4.78 is 22.1. The van der Waals surface area contributed by atoms with Gasteiger partial charge in [-0.3, -0.25) is 9.48 Å². The number of nitriles is 1. The number of aromatic nitrogens is 3. The average Bonchev–Trinajstić information content (AvgIpc) is 3.02. The molecule has 2 bridgehead atoms. The number of nitrogens with zero attached hydrogens (tertiary/aromatic N) is 5. The van der Waals surface area contributed by atoms with Gasteiger partial charge < -0.3 is 15.4 Å². The van der Waals surface area contributed by atoms with Gasteiger partial charge in [0.25, 0.3) is 5.91 Å². The van der Waals surface area contributed by atoms with Crippen LogP contribution >= 0.6 is 0 Å². The first-order chi connectivity index (χ1) is 14.3. The Kier molecular flexibility index (Phi) is 4.62. The SMILES string of the molecule is CC1Oc2cc(cnc2N)-c2c(nn(C)c2C#N)CN(C)C(=O)c2c(F)cccc21. The quantitative estimate of drug-likeness (QED) is 0.615. The number of carbonyl (C=O) groups excluding carboxylic acids is 1. The zero-order valence-electron chi connectivity index (χ0n) is 16.7. The number of pyridine rings is 1. The zero-order chi connectivity index (χ0) is 21.6. The van der Waals surface area contributed by atoms with Crippen molar-refractivity contribution in [2.45, 2.75) is 19.6 Å². The van der Waals surface area contributed by atoms with Crippen LogP contribution in [0.4, 0.5) is 10.2 Å². The second-order valence-electron chi connectivity index (χ2n) is 7.14. The Labute approximate surface area is 172 Å². The van der Waals surface area contributed by atoms with Crippen LogP contribution in [0.15, 0.2) is 30.5 Å². The van der Waals surface area contributed by atoms with Crippen molar-refractivity contribution in [3.8, 4) is 22.9 Å². The number of rotatable bonds is 0. The van der Waals surface area contributed by atoms with Crippen LogP contribution < -0.4 is 10.5 Å². The van der Waals surface area contributed by atoms with Gasteiger partial charge >= 0.3 is 0 Å².